The van der Waals surface area contributed by atoms with Crippen LogP contribution in [0.1, 0.15) is 46.5 Å². The number of nitrogens with one attached hydrogen (secondary N) is 1. The molecule has 0 fully saturated rings. The zero-order chi connectivity index (χ0) is 14.3. The highest BCUT2D eigenvalue weighted by Gasteiger charge is 2.22. The summed E-state index contributed by atoms with van der Waals surface area (Å²) in [6, 6.07) is 0.151. The average Bonchev–Trinajstić information content (AvgIpc) is 2.34. The number of aliphatic hydroxyl groups excluding tert-OH is 1. The zero-order valence-electron chi connectivity index (χ0n) is 12.5. The molecule has 0 aliphatic heterocycles. The van der Waals surface area contributed by atoms with Gasteiger partial charge in [0.2, 0.25) is 0 Å². The van der Waals surface area contributed by atoms with E-state index in [0.717, 1.165) is 19.3 Å². The van der Waals surface area contributed by atoms with Gasteiger partial charge in [-0.1, -0.05) is 32.9 Å². The first-order valence-corrected chi connectivity index (χ1v) is 7.25. The van der Waals surface area contributed by atoms with E-state index in [4.69, 9.17) is 5.11 Å². The lowest BCUT2D eigenvalue weighted by Gasteiger charge is -2.31. The molecule has 0 aromatic heterocycles. The Morgan fingerprint density at radius 1 is 1.47 bits per heavy atom. The standard InChI is InChI=1S/C15H28N2O2/c1-15(2,3)12-17(10-7-11-18)14(19)16-13-8-5-4-6-9-13/h5,8,13,18H,4,6-7,9-12H2,1-3H3,(H,16,19). The van der Waals surface area contributed by atoms with Crippen LogP contribution in [0.5, 0.6) is 0 Å². The van der Waals surface area contributed by atoms with Gasteiger partial charge in [0, 0.05) is 25.7 Å². The Morgan fingerprint density at radius 3 is 2.74 bits per heavy atom. The molecule has 1 aliphatic carbocycles. The second-order valence-corrected chi connectivity index (χ2v) is 6.47. The number of nitrogens with zero attached hydrogens (tertiary/aromatic N) is 1. The Bertz CT molecular complexity index is 308. The van der Waals surface area contributed by atoms with Gasteiger partial charge in [-0.05, 0) is 31.1 Å². The van der Waals surface area contributed by atoms with Crippen molar-refractivity contribution in [2.24, 2.45) is 5.41 Å². The van der Waals surface area contributed by atoms with Gasteiger partial charge in [0.1, 0.15) is 0 Å². The lowest BCUT2D eigenvalue weighted by Crippen LogP contribution is -2.47. The van der Waals surface area contributed by atoms with Gasteiger partial charge in [0.15, 0.2) is 0 Å². The Kier molecular flexibility index (Phi) is 6.35. The van der Waals surface area contributed by atoms with Crippen LogP contribution in [0.3, 0.4) is 0 Å². The summed E-state index contributed by atoms with van der Waals surface area (Å²) < 4.78 is 0. The third kappa shape index (κ3) is 6.62. The van der Waals surface area contributed by atoms with Crippen molar-refractivity contribution in [2.75, 3.05) is 19.7 Å². The number of amides is 2. The lowest BCUT2D eigenvalue weighted by atomic mass is 9.96. The van der Waals surface area contributed by atoms with Gasteiger partial charge in [-0.2, -0.15) is 0 Å². The second kappa shape index (κ2) is 7.53. The topological polar surface area (TPSA) is 52.6 Å². The average molecular weight is 268 g/mol. The molecule has 0 bridgehead atoms. The van der Waals surface area contributed by atoms with Crippen LogP contribution < -0.4 is 5.32 Å². The number of aliphatic hydroxyl groups is 1. The van der Waals surface area contributed by atoms with E-state index < -0.39 is 0 Å². The van der Waals surface area contributed by atoms with Crippen molar-refractivity contribution in [3.8, 4) is 0 Å². The molecule has 2 amide bonds. The van der Waals surface area contributed by atoms with Gasteiger partial charge in [-0.3, -0.25) is 0 Å². The van der Waals surface area contributed by atoms with Crippen LogP contribution in [0.2, 0.25) is 0 Å². The van der Waals surface area contributed by atoms with E-state index in [2.05, 4.69) is 38.2 Å². The third-order valence-electron chi connectivity index (χ3n) is 3.10. The molecule has 2 N–H and O–H groups in total. The normalized spacial score (nSPS) is 19.3. The number of hydrogen-bond acceptors (Lipinski definition) is 2. The fraction of sp³-hybridized carbons (Fsp3) is 0.800. The first kappa shape index (κ1) is 16.0. The highest BCUT2D eigenvalue weighted by Crippen LogP contribution is 2.16. The summed E-state index contributed by atoms with van der Waals surface area (Å²) in [5, 5.41) is 12.0. The maximum atomic E-state index is 12.3. The van der Waals surface area contributed by atoms with Gasteiger partial charge in [-0.15, -0.1) is 0 Å². The van der Waals surface area contributed by atoms with Gasteiger partial charge in [0.25, 0.3) is 0 Å². The van der Waals surface area contributed by atoms with E-state index in [1.807, 2.05) is 4.90 Å². The van der Waals surface area contributed by atoms with Crippen molar-refractivity contribution in [1.82, 2.24) is 10.2 Å². The molecule has 1 unspecified atom stereocenters. The first-order chi connectivity index (χ1) is 8.92. The smallest absolute Gasteiger partial charge is 0.317 e. The summed E-state index contributed by atoms with van der Waals surface area (Å²) in [4.78, 5) is 14.1. The van der Waals surface area contributed by atoms with Crippen LogP contribution in [-0.2, 0) is 0 Å². The predicted octanol–water partition coefficient (Wildman–Crippen LogP) is 2.54. The van der Waals surface area contributed by atoms with E-state index in [1.54, 1.807) is 0 Å². The van der Waals surface area contributed by atoms with Crippen LogP contribution in [0, 0.1) is 5.41 Å². The van der Waals surface area contributed by atoms with Crippen molar-refractivity contribution < 1.29 is 9.90 Å². The molecule has 1 atom stereocenters. The van der Waals surface area contributed by atoms with Crippen molar-refractivity contribution in [3.05, 3.63) is 12.2 Å². The highest BCUT2D eigenvalue weighted by molar-refractivity contribution is 5.74. The maximum absolute atomic E-state index is 12.3. The number of carbonyl (C=O) groups is 1. The quantitative estimate of drug-likeness (QED) is 0.753. The molecule has 4 heteroatoms. The minimum Gasteiger partial charge on any atom is -0.396 e. The third-order valence-corrected chi connectivity index (χ3v) is 3.10. The number of urea groups is 1. The number of hydrogen-bond donors (Lipinski definition) is 2. The highest BCUT2D eigenvalue weighted by atomic mass is 16.3. The minimum absolute atomic E-state index is 0.0140. The predicted molar refractivity (Wildman–Crippen MR) is 78.0 cm³/mol. The van der Waals surface area contributed by atoms with Crippen molar-refractivity contribution >= 4 is 6.03 Å². The molecule has 19 heavy (non-hydrogen) atoms. The Hall–Kier alpha value is -1.03. The SMILES string of the molecule is CC(C)(C)CN(CCCO)C(=O)NC1C=CCCC1. The Balaban J connectivity index is 2.54. The van der Waals surface area contributed by atoms with Crippen molar-refractivity contribution in [1.29, 1.82) is 0 Å². The van der Waals surface area contributed by atoms with Gasteiger partial charge < -0.3 is 15.3 Å². The van der Waals surface area contributed by atoms with E-state index >= 15 is 0 Å². The first-order valence-electron chi connectivity index (χ1n) is 7.25. The zero-order valence-corrected chi connectivity index (χ0v) is 12.5. The van der Waals surface area contributed by atoms with E-state index in [9.17, 15) is 4.79 Å². The fourth-order valence-corrected chi connectivity index (χ4v) is 2.27. The summed E-state index contributed by atoms with van der Waals surface area (Å²) in [6.07, 6.45) is 8.12. The summed E-state index contributed by atoms with van der Waals surface area (Å²) >= 11 is 0. The molecular formula is C15H28N2O2. The number of rotatable bonds is 5. The van der Waals surface area contributed by atoms with Gasteiger partial charge in [-0.25, -0.2) is 4.79 Å². The van der Waals surface area contributed by atoms with Crippen molar-refractivity contribution in [2.45, 2.75) is 52.5 Å². The molecule has 0 saturated carbocycles. The molecule has 4 nitrogen and oxygen atoms in total. The lowest BCUT2D eigenvalue weighted by molar-refractivity contribution is 0.162. The van der Waals surface area contributed by atoms with E-state index in [1.165, 1.54) is 0 Å². The summed E-state index contributed by atoms with van der Waals surface area (Å²) in [5.41, 5.74) is 0.0647. The molecule has 0 spiro atoms. The Morgan fingerprint density at radius 2 is 2.21 bits per heavy atom. The minimum atomic E-state index is -0.0140. The molecule has 0 radical (unpaired) electrons. The number of allylic oxidation sites excluding steroid dienone is 1. The molecule has 0 heterocycles. The van der Waals surface area contributed by atoms with Crippen LogP contribution in [0.15, 0.2) is 12.2 Å². The van der Waals surface area contributed by atoms with Gasteiger partial charge >= 0.3 is 6.03 Å². The van der Waals surface area contributed by atoms with Crippen LogP contribution >= 0.6 is 0 Å². The molecule has 1 rings (SSSR count). The molecule has 1 aliphatic rings. The monoisotopic (exact) mass is 268 g/mol. The van der Waals surface area contributed by atoms with Gasteiger partial charge in [0.05, 0.1) is 0 Å². The molecule has 110 valence electrons. The Labute approximate surface area is 116 Å². The molecule has 0 saturated heterocycles. The maximum Gasteiger partial charge on any atom is 0.317 e. The fourth-order valence-electron chi connectivity index (χ4n) is 2.27. The van der Waals surface area contributed by atoms with Crippen LogP contribution in [0.25, 0.3) is 0 Å². The largest absolute Gasteiger partial charge is 0.396 e. The van der Waals surface area contributed by atoms with Crippen molar-refractivity contribution in [3.63, 3.8) is 0 Å². The summed E-state index contributed by atoms with van der Waals surface area (Å²) in [5.74, 6) is 0. The van der Waals surface area contributed by atoms with Crippen LogP contribution in [-0.4, -0.2) is 41.8 Å². The molecule has 0 aromatic rings. The number of carbonyl (C=O) groups excluding carboxylic acids is 1. The van der Waals surface area contributed by atoms with E-state index in [0.29, 0.717) is 19.5 Å². The molecular weight excluding hydrogens is 240 g/mol. The van der Waals surface area contributed by atoms with Crippen LogP contribution in [0.4, 0.5) is 4.79 Å². The summed E-state index contributed by atoms with van der Waals surface area (Å²) in [7, 11) is 0. The molecule has 0 aromatic carbocycles. The summed E-state index contributed by atoms with van der Waals surface area (Å²) in [6.45, 7) is 7.79. The second-order valence-electron chi connectivity index (χ2n) is 6.47. The van der Waals surface area contributed by atoms with E-state index in [-0.39, 0.29) is 24.1 Å².